The molecule has 2 rings (SSSR count). The molecule has 0 aliphatic carbocycles. The molecular formula is C34H71NO10S. The summed E-state index contributed by atoms with van der Waals surface area (Å²) in [5.41, 5.74) is -1.11. The Labute approximate surface area is 285 Å². The molecule has 0 radical (unpaired) electrons. The highest BCUT2D eigenvalue weighted by Crippen LogP contribution is 2.45. The lowest BCUT2D eigenvalue weighted by Crippen LogP contribution is -2.51. The van der Waals surface area contributed by atoms with Crippen LogP contribution in [0.5, 0.6) is 0 Å². The Balaban J connectivity index is -0.000000407. The first kappa shape index (κ1) is 51.6. The van der Waals surface area contributed by atoms with Crippen LogP contribution < -0.4 is 0 Å². The summed E-state index contributed by atoms with van der Waals surface area (Å²) < 4.78 is 16.6. The van der Waals surface area contributed by atoms with Crippen LogP contribution in [0.15, 0.2) is 0 Å². The van der Waals surface area contributed by atoms with E-state index in [2.05, 4.69) is 17.5 Å². The van der Waals surface area contributed by atoms with Crippen LogP contribution in [-0.4, -0.2) is 107 Å². The molecule has 2 heterocycles. The van der Waals surface area contributed by atoms with Gasteiger partial charge < -0.3 is 39.9 Å². The molecule has 0 aromatic rings. The zero-order chi connectivity index (χ0) is 36.1. The molecule has 10 atom stereocenters. The number of ketones is 1. The maximum Gasteiger partial charge on any atom is 0.319 e. The second-order valence-corrected chi connectivity index (χ2v) is 12.4. The van der Waals surface area contributed by atoms with E-state index in [9.17, 15) is 24.6 Å². The molecule has 5 N–H and O–H groups in total. The number of carbonyl (C=O) groups excluding carboxylic acids is 3. The van der Waals surface area contributed by atoms with Gasteiger partial charge in [0.15, 0.2) is 11.9 Å². The zero-order valence-electron chi connectivity index (χ0n) is 31.3. The third-order valence-electron chi connectivity index (χ3n) is 8.04. The van der Waals surface area contributed by atoms with Crippen molar-refractivity contribution in [1.82, 2.24) is 4.90 Å². The minimum absolute atomic E-state index is 0. The molecule has 0 amide bonds. The highest BCUT2D eigenvalue weighted by atomic mass is 32.1. The Hall–Kier alpha value is -1.28. The summed E-state index contributed by atoms with van der Waals surface area (Å²) in [6.45, 7) is 21.0. The van der Waals surface area contributed by atoms with E-state index in [1.54, 1.807) is 20.8 Å². The van der Waals surface area contributed by atoms with Gasteiger partial charge in [-0.05, 0) is 59.5 Å². The van der Waals surface area contributed by atoms with E-state index in [1.807, 2.05) is 69.5 Å². The Kier molecular flexibility index (Phi) is 31.0. The standard InChI is InChI=1S/C21H36O6S.C8H17NO2.2C2H6.CH4O.H2O/c1-7-9-15(23)14(5)17-18(28)20(25)27-21(17,6)16(8-2)26-19(24)13(4)10-12(3)11-22;1-6-4-7(9(2)3)5-8(10)11-6;3*1-2;/h12-14,16-18,22,28H,7-11H2,1-6H3;6-8,10H,4-5H2,1-3H3;2*1-2H3;2H,1H3;1H2/t12-,13?,14?,16+,17?,18?,21+;;;;;/m0...../s1. The number of esters is 2. The van der Waals surface area contributed by atoms with Gasteiger partial charge in [-0.1, -0.05) is 62.3 Å². The van der Waals surface area contributed by atoms with Crippen LogP contribution in [0.2, 0.25) is 0 Å². The number of aliphatic hydroxyl groups excluding tert-OH is 3. The summed E-state index contributed by atoms with van der Waals surface area (Å²) in [5.74, 6) is -2.13. The number of nitrogens with zero attached hydrogens (tertiary/aromatic N) is 1. The summed E-state index contributed by atoms with van der Waals surface area (Å²) in [6.07, 6.45) is 2.81. The minimum Gasteiger partial charge on any atom is -0.458 e. The predicted octanol–water partition coefficient (Wildman–Crippen LogP) is 4.47. The van der Waals surface area contributed by atoms with E-state index in [-0.39, 0.29) is 35.8 Å². The van der Waals surface area contributed by atoms with Crippen LogP contribution in [-0.2, 0) is 28.6 Å². The molecule has 11 nitrogen and oxygen atoms in total. The van der Waals surface area contributed by atoms with Gasteiger partial charge in [-0.15, -0.1) is 0 Å². The molecule has 278 valence electrons. The largest absolute Gasteiger partial charge is 0.458 e. The van der Waals surface area contributed by atoms with Crippen molar-refractivity contribution in [2.45, 2.75) is 150 Å². The lowest BCUT2D eigenvalue weighted by atomic mass is 9.73. The van der Waals surface area contributed by atoms with E-state index in [0.717, 1.165) is 26.4 Å². The summed E-state index contributed by atoms with van der Waals surface area (Å²) in [4.78, 5) is 39.6. The van der Waals surface area contributed by atoms with Crippen LogP contribution in [0.1, 0.15) is 115 Å². The lowest BCUT2D eigenvalue weighted by molar-refractivity contribution is -0.182. The number of rotatable bonds is 12. The van der Waals surface area contributed by atoms with Crippen LogP contribution in [0.3, 0.4) is 0 Å². The molecule has 0 spiro atoms. The number of thiol groups is 1. The van der Waals surface area contributed by atoms with Gasteiger partial charge >= 0.3 is 11.9 Å². The fraction of sp³-hybridized carbons (Fsp3) is 0.912. The van der Waals surface area contributed by atoms with Gasteiger partial charge in [0.1, 0.15) is 17.1 Å². The first-order valence-corrected chi connectivity index (χ1v) is 17.3. The summed E-state index contributed by atoms with van der Waals surface area (Å²) in [7, 11) is 5.07. The average Bonchev–Trinajstić information content (AvgIpc) is 3.25. The highest BCUT2D eigenvalue weighted by Gasteiger charge is 2.59. The highest BCUT2D eigenvalue weighted by molar-refractivity contribution is 7.81. The summed E-state index contributed by atoms with van der Waals surface area (Å²) in [6, 6.07) is 0.466. The summed E-state index contributed by atoms with van der Waals surface area (Å²) >= 11 is 4.43. The van der Waals surface area contributed by atoms with Crippen LogP contribution in [0.4, 0.5) is 0 Å². The van der Waals surface area contributed by atoms with Crippen molar-refractivity contribution in [3.8, 4) is 0 Å². The molecule has 2 fully saturated rings. The van der Waals surface area contributed by atoms with Gasteiger partial charge in [0.05, 0.1) is 12.0 Å². The molecule has 0 aromatic carbocycles. The monoisotopic (exact) mass is 685 g/mol. The van der Waals surface area contributed by atoms with Crippen molar-refractivity contribution in [2.75, 3.05) is 27.8 Å². The van der Waals surface area contributed by atoms with Crippen LogP contribution in [0, 0.1) is 23.7 Å². The van der Waals surface area contributed by atoms with E-state index in [4.69, 9.17) is 19.3 Å². The number of hydrogen-bond donors (Lipinski definition) is 4. The van der Waals surface area contributed by atoms with Gasteiger partial charge in [-0.25, -0.2) is 0 Å². The van der Waals surface area contributed by atoms with Gasteiger partial charge in [-0.3, -0.25) is 14.4 Å². The molecule has 2 aliphatic heterocycles. The molecule has 0 saturated carbocycles. The van der Waals surface area contributed by atoms with E-state index in [0.29, 0.717) is 25.3 Å². The second-order valence-electron chi connectivity index (χ2n) is 11.8. The Morgan fingerprint density at radius 1 is 1.09 bits per heavy atom. The minimum atomic E-state index is -1.11. The van der Waals surface area contributed by atoms with Crippen molar-refractivity contribution in [1.29, 1.82) is 0 Å². The molecule has 12 heteroatoms. The normalized spacial score (nSPS) is 27.5. The van der Waals surface area contributed by atoms with Gasteiger partial charge in [0.2, 0.25) is 0 Å². The Morgan fingerprint density at radius 2 is 1.61 bits per heavy atom. The van der Waals surface area contributed by atoms with E-state index < -0.39 is 47.0 Å². The maximum absolute atomic E-state index is 12.6. The number of hydrogen-bond acceptors (Lipinski definition) is 11. The molecule has 0 bridgehead atoms. The van der Waals surface area contributed by atoms with Crippen molar-refractivity contribution in [3.63, 3.8) is 0 Å². The lowest BCUT2D eigenvalue weighted by Gasteiger charge is -2.39. The van der Waals surface area contributed by atoms with Crippen molar-refractivity contribution >= 4 is 30.4 Å². The van der Waals surface area contributed by atoms with Gasteiger partial charge in [0, 0.05) is 44.4 Å². The molecule has 2 aliphatic rings. The number of cyclic esters (lactones) is 1. The number of aliphatic hydroxyl groups is 3. The number of carbonyl (C=O) groups is 3. The van der Waals surface area contributed by atoms with Crippen molar-refractivity contribution in [2.24, 2.45) is 23.7 Å². The van der Waals surface area contributed by atoms with Crippen molar-refractivity contribution in [3.05, 3.63) is 0 Å². The predicted molar refractivity (Wildman–Crippen MR) is 188 cm³/mol. The topological polar surface area (TPSA) is 174 Å². The first-order valence-electron chi connectivity index (χ1n) is 16.8. The fourth-order valence-electron chi connectivity index (χ4n) is 5.68. The number of ether oxygens (including phenoxy) is 3. The van der Waals surface area contributed by atoms with Gasteiger partial charge in [0.25, 0.3) is 0 Å². The zero-order valence-corrected chi connectivity index (χ0v) is 32.2. The smallest absolute Gasteiger partial charge is 0.319 e. The molecule has 2 saturated heterocycles. The van der Waals surface area contributed by atoms with Gasteiger partial charge in [-0.2, -0.15) is 12.6 Å². The Bertz CT molecular complexity index is 792. The third-order valence-corrected chi connectivity index (χ3v) is 8.57. The SMILES string of the molecule is CC.CC.CC1CC(N(C)C)CC(O)O1.CCCC(=O)C(C)C1C(S)C(=O)O[C@]1(C)[C@@H](CC)OC(=O)C(C)C[C@H](C)CO.CO.O. The number of Topliss-reactive ketones (excluding diaryl/α,β-unsaturated/α-hetero) is 1. The van der Waals surface area contributed by atoms with Crippen LogP contribution >= 0.6 is 12.6 Å². The molecular weight excluding hydrogens is 614 g/mol. The average molecular weight is 686 g/mol. The first-order chi connectivity index (χ1) is 21.1. The molecule has 7 unspecified atom stereocenters. The third kappa shape index (κ3) is 16.7. The Morgan fingerprint density at radius 3 is 2.02 bits per heavy atom. The maximum atomic E-state index is 12.6. The van der Waals surface area contributed by atoms with Crippen LogP contribution in [0.25, 0.3) is 0 Å². The second kappa shape index (κ2) is 27.6. The quantitative estimate of drug-likeness (QED) is 0.170. The van der Waals surface area contributed by atoms with Crippen molar-refractivity contribution < 1.29 is 49.4 Å². The van der Waals surface area contributed by atoms with E-state index in [1.165, 1.54) is 0 Å². The summed E-state index contributed by atoms with van der Waals surface area (Å²) in [5, 5.41) is 24.7. The molecule has 46 heavy (non-hydrogen) atoms. The fourth-order valence-corrected chi connectivity index (χ4v) is 6.29. The molecule has 0 aromatic heterocycles. The van der Waals surface area contributed by atoms with E-state index >= 15 is 0 Å².